The van der Waals surface area contributed by atoms with Gasteiger partial charge in [0.05, 0.1) is 5.56 Å². The van der Waals surface area contributed by atoms with Crippen LogP contribution in [0.4, 0.5) is 0 Å². The number of benzene rings is 2. The minimum atomic E-state index is 0.237. The van der Waals surface area contributed by atoms with Crippen molar-refractivity contribution in [2.24, 2.45) is 0 Å². The third-order valence-electron chi connectivity index (χ3n) is 6.14. The molecule has 128 valence electrons. The Balaban J connectivity index is 2.01. The molecule has 0 atom stereocenters. The molecule has 0 bridgehead atoms. The zero-order valence-corrected chi connectivity index (χ0v) is 15.7. The summed E-state index contributed by atoms with van der Waals surface area (Å²) in [6.07, 6.45) is 6.84. The number of nitrogens with zero attached hydrogens (tertiary/aromatic N) is 2. The van der Waals surface area contributed by atoms with Crippen LogP contribution >= 0.6 is 0 Å². The van der Waals surface area contributed by atoms with Crippen LogP contribution in [0.2, 0.25) is 0 Å². The quantitative estimate of drug-likeness (QED) is 0.589. The smallest absolute Gasteiger partial charge is 0.229 e. The first-order chi connectivity index (χ1) is 12.1. The number of imidazole rings is 1. The molecule has 3 aromatic rings. The summed E-state index contributed by atoms with van der Waals surface area (Å²) in [5.74, 6) is 1.31. The summed E-state index contributed by atoms with van der Waals surface area (Å²) in [5, 5.41) is 0. The number of para-hydroxylation sites is 1. The summed E-state index contributed by atoms with van der Waals surface area (Å²) in [6.45, 7) is 10.1. The van der Waals surface area contributed by atoms with E-state index in [9.17, 15) is 0 Å². The van der Waals surface area contributed by atoms with E-state index in [1.165, 1.54) is 46.6 Å². The maximum absolute atomic E-state index is 2.46. The summed E-state index contributed by atoms with van der Waals surface area (Å²) in [6, 6.07) is 15.6. The van der Waals surface area contributed by atoms with Crippen LogP contribution in [0.15, 0.2) is 54.9 Å². The van der Waals surface area contributed by atoms with E-state index in [0.29, 0.717) is 0 Å². The predicted octanol–water partition coefficient (Wildman–Crippen LogP) is 5.12. The number of aromatic nitrogens is 2. The monoisotopic (exact) mass is 331 g/mol. The second kappa shape index (κ2) is 5.87. The minimum Gasteiger partial charge on any atom is -0.229 e. The van der Waals surface area contributed by atoms with Gasteiger partial charge in [-0.05, 0) is 49.4 Å². The molecule has 0 aliphatic carbocycles. The standard InChI is InChI=1S/C23H27N2/c1-5-23(6-2)16-24-14-15-25(21-17(3)10-9-11-18(21)4)22(24)19-12-7-8-13-20(19)23/h7-15H,5-6,16H2,1-4H3/q+1. The van der Waals surface area contributed by atoms with Crippen LogP contribution in [0.3, 0.4) is 0 Å². The highest BCUT2D eigenvalue weighted by Crippen LogP contribution is 2.42. The average molecular weight is 331 g/mol. The number of rotatable bonds is 3. The van der Waals surface area contributed by atoms with Crippen molar-refractivity contribution in [1.29, 1.82) is 0 Å². The fraction of sp³-hybridized carbons (Fsp3) is 0.348. The molecular weight excluding hydrogens is 304 g/mol. The van der Waals surface area contributed by atoms with E-state index in [0.717, 1.165) is 6.54 Å². The van der Waals surface area contributed by atoms with Crippen LogP contribution in [0, 0.1) is 13.8 Å². The van der Waals surface area contributed by atoms with Crippen LogP contribution in [0.5, 0.6) is 0 Å². The number of hydrogen-bond donors (Lipinski definition) is 0. The van der Waals surface area contributed by atoms with E-state index >= 15 is 0 Å². The number of hydrogen-bond acceptors (Lipinski definition) is 0. The molecule has 0 saturated heterocycles. The Morgan fingerprint density at radius 3 is 2.32 bits per heavy atom. The van der Waals surface area contributed by atoms with Crippen molar-refractivity contribution in [3.05, 3.63) is 71.5 Å². The highest BCUT2D eigenvalue weighted by atomic mass is 15.2. The molecule has 0 fully saturated rings. The van der Waals surface area contributed by atoms with E-state index in [1.807, 2.05) is 0 Å². The molecule has 2 nitrogen and oxygen atoms in total. The Bertz CT molecular complexity index is 909. The van der Waals surface area contributed by atoms with Crippen molar-refractivity contribution >= 4 is 0 Å². The topological polar surface area (TPSA) is 8.81 Å². The van der Waals surface area contributed by atoms with Crippen LogP contribution in [-0.2, 0) is 12.0 Å². The van der Waals surface area contributed by atoms with Gasteiger partial charge in [-0.2, -0.15) is 4.57 Å². The summed E-state index contributed by atoms with van der Waals surface area (Å²) < 4.78 is 4.85. The van der Waals surface area contributed by atoms with Gasteiger partial charge >= 0.3 is 0 Å². The molecule has 2 heterocycles. The Labute approximate surface area is 150 Å². The molecule has 4 rings (SSSR count). The first kappa shape index (κ1) is 16.1. The normalized spacial score (nSPS) is 14.9. The SMILES string of the molecule is CCC1(CC)C[n+]2ccn(-c3c(C)cccc3C)c2-c2ccccc21. The van der Waals surface area contributed by atoms with E-state index in [1.54, 1.807) is 0 Å². The molecule has 25 heavy (non-hydrogen) atoms. The zero-order chi connectivity index (χ0) is 17.6. The van der Waals surface area contributed by atoms with Gasteiger partial charge in [0.25, 0.3) is 5.82 Å². The molecule has 0 spiro atoms. The molecule has 0 saturated carbocycles. The molecule has 1 aromatic heterocycles. The summed E-state index contributed by atoms with van der Waals surface area (Å²) >= 11 is 0. The van der Waals surface area contributed by atoms with Crippen molar-refractivity contribution < 1.29 is 4.57 Å². The van der Waals surface area contributed by atoms with Gasteiger partial charge in [-0.15, -0.1) is 0 Å². The second-order valence-electron chi connectivity index (χ2n) is 7.39. The molecule has 0 radical (unpaired) electrons. The van der Waals surface area contributed by atoms with Crippen molar-refractivity contribution in [1.82, 2.24) is 4.57 Å². The minimum absolute atomic E-state index is 0.237. The lowest BCUT2D eigenvalue weighted by Crippen LogP contribution is -2.50. The fourth-order valence-electron chi connectivity index (χ4n) is 4.61. The first-order valence-corrected chi connectivity index (χ1v) is 9.38. The zero-order valence-electron chi connectivity index (χ0n) is 15.7. The molecule has 2 heteroatoms. The van der Waals surface area contributed by atoms with Crippen molar-refractivity contribution in [2.75, 3.05) is 0 Å². The molecule has 0 unspecified atom stereocenters. The van der Waals surface area contributed by atoms with Crippen LogP contribution < -0.4 is 4.57 Å². The third kappa shape index (κ3) is 2.27. The van der Waals surface area contributed by atoms with Gasteiger partial charge < -0.3 is 0 Å². The average Bonchev–Trinajstić information content (AvgIpc) is 3.04. The Morgan fingerprint density at radius 1 is 0.960 bits per heavy atom. The Morgan fingerprint density at radius 2 is 1.64 bits per heavy atom. The van der Waals surface area contributed by atoms with Gasteiger partial charge in [0.15, 0.2) is 0 Å². The molecule has 1 aliphatic rings. The molecule has 0 amide bonds. The second-order valence-corrected chi connectivity index (χ2v) is 7.39. The number of aryl methyl sites for hydroxylation is 2. The van der Waals surface area contributed by atoms with Gasteiger partial charge in [-0.1, -0.05) is 50.2 Å². The highest BCUT2D eigenvalue weighted by Gasteiger charge is 2.41. The summed E-state index contributed by atoms with van der Waals surface area (Å²) in [7, 11) is 0. The van der Waals surface area contributed by atoms with Gasteiger partial charge in [0.1, 0.15) is 24.6 Å². The van der Waals surface area contributed by atoms with Crippen molar-refractivity contribution in [2.45, 2.75) is 52.5 Å². The van der Waals surface area contributed by atoms with Crippen molar-refractivity contribution in [3.63, 3.8) is 0 Å². The molecule has 2 aromatic carbocycles. The fourth-order valence-corrected chi connectivity index (χ4v) is 4.61. The van der Waals surface area contributed by atoms with Crippen molar-refractivity contribution in [3.8, 4) is 17.1 Å². The van der Waals surface area contributed by atoms with Gasteiger partial charge in [0.2, 0.25) is 0 Å². The van der Waals surface area contributed by atoms with Crippen LogP contribution in [-0.4, -0.2) is 4.57 Å². The lowest BCUT2D eigenvalue weighted by molar-refractivity contribution is -0.696. The van der Waals surface area contributed by atoms with E-state index in [2.05, 4.69) is 91.7 Å². The van der Waals surface area contributed by atoms with Gasteiger partial charge in [0, 0.05) is 5.41 Å². The third-order valence-corrected chi connectivity index (χ3v) is 6.14. The van der Waals surface area contributed by atoms with Crippen LogP contribution in [0.25, 0.3) is 17.1 Å². The lowest BCUT2D eigenvalue weighted by Gasteiger charge is -2.35. The highest BCUT2D eigenvalue weighted by molar-refractivity contribution is 5.65. The predicted molar refractivity (Wildman–Crippen MR) is 103 cm³/mol. The van der Waals surface area contributed by atoms with Gasteiger partial charge in [-0.3, -0.25) is 0 Å². The molecule has 0 N–H and O–H groups in total. The Hall–Kier alpha value is -2.35. The van der Waals surface area contributed by atoms with E-state index in [-0.39, 0.29) is 5.41 Å². The maximum atomic E-state index is 2.46. The lowest BCUT2D eigenvalue weighted by atomic mass is 9.72. The van der Waals surface area contributed by atoms with Gasteiger partial charge in [-0.25, -0.2) is 4.57 Å². The summed E-state index contributed by atoms with van der Waals surface area (Å²) in [4.78, 5) is 0. The largest absolute Gasteiger partial charge is 0.294 e. The first-order valence-electron chi connectivity index (χ1n) is 9.38. The number of fused-ring (bicyclic) bond motifs is 3. The summed E-state index contributed by atoms with van der Waals surface area (Å²) in [5.41, 5.74) is 7.07. The van der Waals surface area contributed by atoms with E-state index < -0.39 is 0 Å². The molecular formula is C23H27N2+. The van der Waals surface area contributed by atoms with E-state index in [4.69, 9.17) is 0 Å². The van der Waals surface area contributed by atoms with Crippen LogP contribution in [0.1, 0.15) is 43.4 Å². The Kier molecular flexibility index (Phi) is 3.79. The maximum Gasteiger partial charge on any atom is 0.294 e. The molecule has 1 aliphatic heterocycles.